The number of hydrogen-bond donors (Lipinski definition) is 0. The molecule has 1 aliphatic heterocycles. The van der Waals surface area contributed by atoms with Gasteiger partial charge in [-0.05, 0) is 36.8 Å². The second-order valence-electron chi connectivity index (χ2n) is 6.62. The molecule has 0 amide bonds. The van der Waals surface area contributed by atoms with Crippen molar-refractivity contribution >= 4 is 0 Å². The normalized spacial score (nSPS) is 27.3. The lowest BCUT2D eigenvalue weighted by Crippen LogP contribution is -2.45. The van der Waals surface area contributed by atoms with Crippen molar-refractivity contribution in [2.75, 3.05) is 20.2 Å². The Bertz CT molecular complexity index is 632. The van der Waals surface area contributed by atoms with Crippen LogP contribution in [0.5, 0.6) is 0 Å². The molecule has 2 aromatic heterocycles. The largest absolute Gasteiger partial charge is 0.381 e. The van der Waals surface area contributed by atoms with Gasteiger partial charge in [-0.15, -0.1) is 0 Å². The maximum absolute atomic E-state index is 5.68. The van der Waals surface area contributed by atoms with E-state index in [2.05, 4.69) is 19.9 Å². The standard InChI is InChI=1S/C18H22N4O/c1-23-17-14-5-6-15(17)12-22(11-14)10-13-8-20-18(21-9-13)16-4-2-3-7-19-16/h2-4,7-9,14-15,17H,5-6,10-12H2,1H3. The van der Waals surface area contributed by atoms with Gasteiger partial charge in [-0.25, -0.2) is 9.97 Å². The van der Waals surface area contributed by atoms with Gasteiger partial charge in [0, 0.05) is 50.9 Å². The molecule has 0 spiro atoms. The highest BCUT2D eigenvalue weighted by Crippen LogP contribution is 2.38. The van der Waals surface area contributed by atoms with Crippen LogP contribution < -0.4 is 0 Å². The first kappa shape index (κ1) is 14.7. The van der Waals surface area contributed by atoms with Gasteiger partial charge in [0.05, 0.1) is 6.10 Å². The lowest BCUT2D eigenvalue weighted by molar-refractivity contribution is -0.0180. The average Bonchev–Trinajstić information content (AvgIpc) is 2.86. The molecule has 1 saturated carbocycles. The van der Waals surface area contributed by atoms with Crippen LogP contribution >= 0.6 is 0 Å². The highest BCUT2D eigenvalue weighted by atomic mass is 16.5. The Morgan fingerprint density at radius 2 is 1.83 bits per heavy atom. The number of ether oxygens (including phenoxy) is 1. The first-order valence-corrected chi connectivity index (χ1v) is 8.31. The average molecular weight is 310 g/mol. The molecule has 3 heterocycles. The van der Waals surface area contributed by atoms with Gasteiger partial charge >= 0.3 is 0 Å². The second kappa shape index (κ2) is 6.34. The Kier molecular flexibility index (Phi) is 4.06. The SMILES string of the molecule is COC1C2CCC1CN(Cc1cnc(-c3ccccn3)nc1)C2. The molecule has 5 nitrogen and oxygen atoms in total. The molecule has 2 aromatic rings. The number of nitrogens with zero attached hydrogens (tertiary/aromatic N) is 4. The fraction of sp³-hybridized carbons (Fsp3) is 0.500. The highest BCUT2D eigenvalue weighted by molar-refractivity contribution is 5.47. The van der Waals surface area contributed by atoms with E-state index in [4.69, 9.17) is 4.74 Å². The van der Waals surface area contributed by atoms with E-state index in [1.807, 2.05) is 37.7 Å². The molecule has 23 heavy (non-hydrogen) atoms. The molecule has 2 aliphatic rings. The van der Waals surface area contributed by atoms with Gasteiger partial charge in [0.1, 0.15) is 5.69 Å². The van der Waals surface area contributed by atoms with E-state index < -0.39 is 0 Å². The van der Waals surface area contributed by atoms with Gasteiger partial charge in [-0.1, -0.05) is 6.07 Å². The predicted molar refractivity (Wildman–Crippen MR) is 87.6 cm³/mol. The summed E-state index contributed by atoms with van der Waals surface area (Å²) in [5.41, 5.74) is 1.98. The Morgan fingerprint density at radius 1 is 1.09 bits per heavy atom. The first-order valence-electron chi connectivity index (χ1n) is 8.31. The Morgan fingerprint density at radius 3 is 2.43 bits per heavy atom. The molecule has 0 radical (unpaired) electrons. The molecule has 2 fully saturated rings. The van der Waals surface area contributed by atoms with E-state index in [1.54, 1.807) is 6.20 Å². The van der Waals surface area contributed by atoms with Crippen molar-refractivity contribution in [3.63, 3.8) is 0 Å². The highest BCUT2D eigenvalue weighted by Gasteiger charge is 2.41. The first-order chi connectivity index (χ1) is 11.3. The zero-order valence-electron chi connectivity index (χ0n) is 13.4. The number of aromatic nitrogens is 3. The summed E-state index contributed by atoms with van der Waals surface area (Å²) in [6, 6.07) is 5.79. The molecule has 0 N–H and O–H groups in total. The van der Waals surface area contributed by atoms with Crippen LogP contribution in [-0.4, -0.2) is 46.2 Å². The number of fused-ring (bicyclic) bond motifs is 2. The minimum absolute atomic E-state index is 0.467. The number of likely N-dealkylation sites (tertiary alicyclic amines) is 1. The molecule has 5 heteroatoms. The second-order valence-corrected chi connectivity index (χ2v) is 6.62. The summed E-state index contributed by atoms with van der Waals surface area (Å²) in [6.45, 7) is 3.17. The van der Waals surface area contributed by atoms with Crippen molar-refractivity contribution < 1.29 is 4.74 Å². The quantitative estimate of drug-likeness (QED) is 0.868. The van der Waals surface area contributed by atoms with Gasteiger partial charge in [0.25, 0.3) is 0 Å². The smallest absolute Gasteiger partial charge is 0.178 e. The van der Waals surface area contributed by atoms with Crippen molar-refractivity contribution in [1.82, 2.24) is 19.9 Å². The number of rotatable bonds is 4. The minimum atomic E-state index is 0.467. The van der Waals surface area contributed by atoms with Gasteiger partial charge in [-0.2, -0.15) is 0 Å². The van der Waals surface area contributed by atoms with E-state index in [0.29, 0.717) is 23.8 Å². The van der Waals surface area contributed by atoms with Crippen LogP contribution in [0.2, 0.25) is 0 Å². The Hall–Kier alpha value is -1.85. The molecule has 120 valence electrons. The van der Waals surface area contributed by atoms with Crippen LogP contribution in [0.4, 0.5) is 0 Å². The zero-order valence-corrected chi connectivity index (χ0v) is 13.4. The third-order valence-corrected chi connectivity index (χ3v) is 5.10. The van der Waals surface area contributed by atoms with Crippen molar-refractivity contribution in [1.29, 1.82) is 0 Å². The molecule has 1 saturated heterocycles. The summed E-state index contributed by atoms with van der Waals surface area (Å²) in [5.74, 6) is 2.06. The van der Waals surface area contributed by atoms with Crippen LogP contribution in [0.1, 0.15) is 18.4 Å². The molecule has 2 atom stereocenters. The van der Waals surface area contributed by atoms with Crippen LogP contribution in [0.25, 0.3) is 11.5 Å². The maximum Gasteiger partial charge on any atom is 0.178 e. The summed E-state index contributed by atoms with van der Waals surface area (Å²) < 4.78 is 5.68. The van der Waals surface area contributed by atoms with Crippen molar-refractivity contribution in [2.45, 2.75) is 25.5 Å². The Balaban J connectivity index is 1.42. The molecule has 0 aromatic carbocycles. The number of hydrogen-bond acceptors (Lipinski definition) is 5. The monoisotopic (exact) mass is 310 g/mol. The van der Waals surface area contributed by atoms with Crippen molar-refractivity contribution in [2.24, 2.45) is 11.8 Å². The lowest BCUT2D eigenvalue weighted by atomic mass is 9.94. The summed E-state index contributed by atoms with van der Waals surface area (Å²) in [7, 11) is 1.86. The lowest BCUT2D eigenvalue weighted by Gasteiger charge is -2.37. The third-order valence-electron chi connectivity index (χ3n) is 5.10. The maximum atomic E-state index is 5.68. The summed E-state index contributed by atoms with van der Waals surface area (Å²) >= 11 is 0. The van der Waals surface area contributed by atoms with Gasteiger partial charge in [0.15, 0.2) is 5.82 Å². The van der Waals surface area contributed by atoms with Crippen LogP contribution in [0.15, 0.2) is 36.8 Å². The number of pyridine rings is 1. The van der Waals surface area contributed by atoms with Crippen LogP contribution in [0, 0.1) is 11.8 Å². The summed E-state index contributed by atoms with van der Waals surface area (Å²) in [6.07, 6.45) is 8.70. The van der Waals surface area contributed by atoms with E-state index in [-0.39, 0.29) is 0 Å². The third kappa shape index (κ3) is 2.99. The number of piperidine rings is 1. The molecule has 2 bridgehead atoms. The summed E-state index contributed by atoms with van der Waals surface area (Å²) in [4.78, 5) is 15.8. The zero-order chi connectivity index (χ0) is 15.6. The van der Waals surface area contributed by atoms with Crippen molar-refractivity contribution in [3.05, 3.63) is 42.4 Å². The predicted octanol–water partition coefficient (Wildman–Crippen LogP) is 2.40. The van der Waals surface area contributed by atoms with Crippen molar-refractivity contribution in [3.8, 4) is 11.5 Å². The minimum Gasteiger partial charge on any atom is -0.381 e. The van der Waals surface area contributed by atoms with E-state index >= 15 is 0 Å². The fourth-order valence-corrected chi connectivity index (χ4v) is 4.11. The summed E-state index contributed by atoms with van der Waals surface area (Å²) in [5, 5.41) is 0. The van der Waals surface area contributed by atoms with E-state index in [1.165, 1.54) is 18.4 Å². The molecular formula is C18H22N4O. The van der Waals surface area contributed by atoms with Crippen LogP contribution in [0.3, 0.4) is 0 Å². The van der Waals surface area contributed by atoms with E-state index in [0.717, 1.165) is 25.3 Å². The van der Waals surface area contributed by atoms with Gasteiger partial charge < -0.3 is 4.74 Å². The fourth-order valence-electron chi connectivity index (χ4n) is 4.11. The van der Waals surface area contributed by atoms with E-state index in [9.17, 15) is 0 Å². The Labute approximate surface area is 136 Å². The molecular weight excluding hydrogens is 288 g/mol. The molecule has 4 rings (SSSR count). The number of methoxy groups -OCH3 is 1. The van der Waals surface area contributed by atoms with Crippen LogP contribution in [-0.2, 0) is 11.3 Å². The molecule has 2 unspecified atom stereocenters. The molecule has 1 aliphatic carbocycles. The topological polar surface area (TPSA) is 51.1 Å². The van der Waals surface area contributed by atoms with Gasteiger partial charge in [0.2, 0.25) is 0 Å². The van der Waals surface area contributed by atoms with Gasteiger partial charge in [-0.3, -0.25) is 9.88 Å².